The van der Waals surface area contributed by atoms with Crippen LogP contribution < -0.4 is 4.57 Å². The van der Waals surface area contributed by atoms with E-state index in [1.807, 2.05) is 0 Å². The van der Waals surface area contributed by atoms with Crippen LogP contribution in [0.5, 0.6) is 5.75 Å². The first-order chi connectivity index (χ1) is 9.93. The van der Waals surface area contributed by atoms with Gasteiger partial charge < -0.3 is 35.0 Å². The molecule has 21 heavy (non-hydrogen) atoms. The van der Waals surface area contributed by atoms with Gasteiger partial charge in [0.1, 0.15) is 38.1 Å². The minimum Gasteiger partial charge on any atom is -0.503 e. The molecule has 0 amide bonds. The number of rotatable bonds is 4. The van der Waals surface area contributed by atoms with Crippen LogP contribution in [-0.2, 0) is 23.1 Å². The van der Waals surface area contributed by atoms with Crippen molar-refractivity contribution in [2.24, 2.45) is 7.05 Å². The molecule has 1 aliphatic heterocycles. The monoisotopic (exact) mass is 302 g/mol. The number of ether oxygens (including phenoxy) is 2. The Morgan fingerprint density at radius 3 is 2.52 bits per heavy atom. The Labute approximate surface area is 121 Å². The lowest BCUT2D eigenvalue weighted by molar-refractivity contribution is -0.682. The van der Waals surface area contributed by atoms with Crippen molar-refractivity contribution in [3.05, 3.63) is 24.0 Å². The van der Waals surface area contributed by atoms with E-state index in [1.54, 1.807) is 17.7 Å². The van der Waals surface area contributed by atoms with Crippen molar-refractivity contribution in [1.82, 2.24) is 0 Å². The molecule has 0 spiro atoms. The molecule has 1 aromatic rings. The number of aliphatic hydroxyl groups is 4. The summed E-state index contributed by atoms with van der Waals surface area (Å²) in [6, 6.07) is 3.13. The van der Waals surface area contributed by atoms with E-state index in [2.05, 4.69) is 0 Å². The fourth-order valence-corrected chi connectivity index (χ4v) is 2.15. The van der Waals surface area contributed by atoms with E-state index in [1.165, 1.54) is 12.3 Å². The maximum absolute atomic E-state index is 9.82. The number of hydrogen-bond donors (Lipinski definition) is 5. The maximum atomic E-state index is 9.82. The van der Waals surface area contributed by atoms with Gasteiger partial charge in [0.25, 0.3) is 0 Å². The van der Waals surface area contributed by atoms with Crippen molar-refractivity contribution in [2.45, 2.75) is 37.3 Å². The second-order valence-corrected chi connectivity index (χ2v) is 5.00. The van der Waals surface area contributed by atoms with Crippen LogP contribution in [0, 0.1) is 0 Å². The molecule has 1 saturated heterocycles. The van der Waals surface area contributed by atoms with E-state index >= 15 is 0 Å². The molecule has 0 radical (unpaired) electrons. The zero-order chi connectivity index (χ0) is 15.6. The highest BCUT2D eigenvalue weighted by molar-refractivity contribution is 5.13. The molecule has 5 atom stereocenters. The highest BCUT2D eigenvalue weighted by Crippen LogP contribution is 2.22. The maximum Gasteiger partial charge on any atom is 0.210 e. The highest BCUT2D eigenvalue weighted by Gasteiger charge is 2.44. The predicted molar refractivity (Wildman–Crippen MR) is 67.8 cm³/mol. The summed E-state index contributed by atoms with van der Waals surface area (Å²) < 4.78 is 12.3. The van der Waals surface area contributed by atoms with Gasteiger partial charge in [-0.2, -0.15) is 4.57 Å². The van der Waals surface area contributed by atoms with Gasteiger partial charge in [-0.1, -0.05) is 0 Å². The minimum atomic E-state index is -1.46. The molecule has 0 bridgehead atoms. The van der Waals surface area contributed by atoms with Crippen molar-refractivity contribution >= 4 is 0 Å². The smallest absolute Gasteiger partial charge is 0.210 e. The Hall–Kier alpha value is -1.29. The summed E-state index contributed by atoms with van der Waals surface area (Å²) in [5.74, 6) is 0.106. The van der Waals surface area contributed by atoms with Gasteiger partial charge in [0.15, 0.2) is 12.0 Å². The van der Waals surface area contributed by atoms with Crippen molar-refractivity contribution in [2.75, 3.05) is 6.61 Å². The summed E-state index contributed by atoms with van der Waals surface area (Å²) in [6.07, 6.45) is -4.97. The Bertz CT molecular complexity index is 482. The van der Waals surface area contributed by atoms with E-state index in [4.69, 9.17) is 14.6 Å². The third-order valence-electron chi connectivity index (χ3n) is 3.47. The normalized spacial score (nSPS) is 33.1. The average molecular weight is 302 g/mol. The Morgan fingerprint density at radius 1 is 1.19 bits per heavy atom. The predicted octanol–water partition coefficient (Wildman–Crippen LogP) is -2.47. The molecule has 0 aliphatic carbocycles. The van der Waals surface area contributed by atoms with Crippen LogP contribution >= 0.6 is 0 Å². The van der Waals surface area contributed by atoms with Crippen molar-refractivity contribution in [1.29, 1.82) is 0 Å². The van der Waals surface area contributed by atoms with Crippen LogP contribution in [0.2, 0.25) is 0 Å². The van der Waals surface area contributed by atoms with Crippen LogP contribution in [0.15, 0.2) is 18.3 Å². The van der Waals surface area contributed by atoms with Gasteiger partial charge in [-0.25, -0.2) is 0 Å². The molecule has 0 unspecified atom stereocenters. The zero-order valence-electron chi connectivity index (χ0n) is 11.5. The second-order valence-electron chi connectivity index (χ2n) is 5.00. The van der Waals surface area contributed by atoms with E-state index in [9.17, 15) is 20.4 Å². The summed E-state index contributed by atoms with van der Waals surface area (Å²) in [5.41, 5.74) is 0.699. The molecule has 0 saturated carbocycles. The van der Waals surface area contributed by atoms with Gasteiger partial charge in [0.05, 0.1) is 6.61 Å². The minimum absolute atomic E-state index is 0.0550. The summed E-state index contributed by atoms with van der Waals surface area (Å²) in [4.78, 5) is 0. The zero-order valence-corrected chi connectivity index (χ0v) is 11.5. The molecule has 1 fully saturated rings. The third kappa shape index (κ3) is 3.49. The summed E-state index contributed by atoms with van der Waals surface area (Å²) in [5, 5.41) is 47.5. The Balaban J connectivity index is 2.01. The molecule has 1 aromatic heterocycles. The number of nitrogens with zero attached hydrogens (tertiary/aromatic N) is 1. The summed E-state index contributed by atoms with van der Waals surface area (Å²) >= 11 is 0. The first-order valence-electron chi connectivity index (χ1n) is 6.53. The number of aromatic nitrogens is 1. The molecule has 8 nitrogen and oxygen atoms in total. The summed E-state index contributed by atoms with van der Waals surface area (Å²) in [6.45, 7) is -0.447. The lowest BCUT2D eigenvalue weighted by Crippen LogP contribution is -2.59. The SMILES string of the molecule is C[n+]1cc(O)ccc1CO[C@H]1O[C@H](CO)[C@@H](O)[C@H](O)[C@H]1O. The standard InChI is InChI=1S/C13H19NO7/c1-14-4-8(16)3-2-7(14)6-20-13-12(19)11(18)10(17)9(5-15)21-13/h2-4,9-13,15,17-19H,5-6H2,1H3/p+1/t9-,10-,11+,12-,13+/m1/s1. The number of aromatic hydroxyl groups is 1. The number of hydrogen-bond acceptors (Lipinski definition) is 7. The molecular weight excluding hydrogens is 282 g/mol. The topological polar surface area (TPSA) is 123 Å². The summed E-state index contributed by atoms with van der Waals surface area (Å²) in [7, 11) is 1.71. The molecule has 8 heteroatoms. The second kappa shape index (κ2) is 6.65. The lowest BCUT2D eigenvalue weighted by atomic mass is 9.99. The van der Waals surface area contributed by atoms with E-state index in [0.29, 0.717) is 5.69 Å². The van der Waals surface area contributed by atoms with Gasteiger partial charge in [-0.15, -0.1) is 0 Å². The number of aliphatic hydroxyl groups excluding tert-OH is 4. The molecular formula is C13H20NO7+. The van der Waals surface area contributed by atoms with Gasteiger partial charge >= 0.3 is 0 Å². The molecule has 2 heterocycles. The van der Waals surface area contributed by atoms with E-state index < -0.39 is 37.3 Å². The van der Waals surface area contributed by atoms with Crippen LogP contribution in [0.3, 0.4) is 0 Å². The molecule has 2 rings (SSSR count). The average Bonchev–Trinajstić information content (AvgIpc) is 2.46. The molecule has 0 aromatic carbocycles. The number of pyridine rings is 1. The third-order valence-corrected chi connectivity index (χ3v) is 3.47. The highest BCUT2D eigenvalue weighted by atomic mass is 16.7. The quantitative estimate of drug-likeness (QED) is 0.391. The number of aryl methyl sites for hydroxylation is 1. The first-order valence-corrected chi connectivity index (χ1v) is 6.53. The van der Waals surface area contributed by atoms with Gasteiger partial charge in [-0.3, -0.25) is 0 Å². The van der Waals surface area contributed by atoms with Gasteiger partial charge in [0.2, 0.25) is 11.9 Å². The molecule has 118 valence electrons. The van der Waals surface area contributed by atoms with Crippen LogP contribution in [-0.4, -0.2) is 62.8 Å². The lowest BCUT2D eigenvalue weighted by Gasteiger charge is -2.39. The van der Waals surface area contributed by atoms with E-state index in [-0.39, 0.29) is 12.4 Å². The van der Waals surface area contributed by atoms with Gasteiger partial charge in [0, 0.05) is 6.07 Å². The van der Waals surface area contributed by atoms with Gasteiger partial charge in [-0.05, 0) is 6.07 Å². The molecule has 5 N–H and O–H groups in total. The Kier molecular flexibility index (Phi) is 5.09. The fraction of sp³-hybridized carbons (Fsp3) is 0.615. The Morgan fingerprint density at radius 2 is 1.90 bits per heavy atom. The van der Waals surface area contributed by atoms with Crippen LogP contribution in [0.1, 0.15) is 5.69 Å². The fourth-order valence-electron chi connectivity index (χ4n) is 2.15. The van der Waals surface area contributed by atoms with Crippen molar-refractivity contribution in [3.8, 4) is 5.75 Å². The molecule has 1 aliphatic rings. The van der Waals surface area contributed by atoms with Crippen molar-refractivity contribution in [3.63, 3.8) is 0 Å². The van der Waals surface area contributed by atoms with Crippen LogP contribution in [0.4, 0.5) is 0 Å². The van der Waals surface area contributed by atoms with Crippen LogP contribution in [0.25, 0.3) is 0 Å². The first kappa shape index (κ1) is 16.1. The van der Waals surface area contributed by atoms with E-state index in [0.717, 1.165) is 0 Å². The largest absolute Gasteiger partial charge is 0.503 e. The van der Waals surface area contributed by atoms with Crippen molar-refractivity contribution < 1.29 is 39.6 Å².